The van der Waals surface area contributed by atoms with Crippen molar-refractivity contribution < 1.29 is 4.79 Å². The van der Waals surface area contributed by atoms with E-state index in [-0.39, 0.29) is 11.9 Å². The predicted octanol–water partition coefficient (Wildman–Crippen LogP) is 2.54. The number of carbonyl (C=O) groups is 1. The molecule has 7 heteroatoms. The van der Waals surface area contributed by atoms with Gasteiger partial charge in [0.25, 0.3) is 0 Å². The number of amides is 1. The summed E-state index contributed by atoms with van der Waals surface area (Å²) < 4.78 is 1.82. The van der Waals surface area contributed by atoms with Gasteiger partial charge in [-0.15, -0.1) is 5.10 Å². The summed E-state index contributed by atoms with van der Waals surface area (Å²) in [4.78, 5) is 12.1. The molecule has 6 nitrogen and oxygen atoms in total. The van der Waals surface area contributed by atoms with Gasteiger partial charge in [-0.1, -0.05) is 43.0 Å². The smallest absolute Gasteiger partial charge is 0.230 e. The number of hydrogen-bond acceptors (Lipinski definition) is 5. The molecule has 1 N–H and O–H groups in total. The molecule has 1 aliphatic carbocycles. The van der Waals surface area contributed by atoms with Crippen molar-refractivity contribution in [3.63, 3.8) is 0 Å². The second-order valence-electron chi connectivity index (χ2n) is 5.81. The standard InChI is InChI=1S/C16H21N5OS/c1-3-12-4-6-13(7-5-12)11(2)17-15(22)10-23-16-18-19-20-21(16)14-8-9-14/h4-7,11,14H,3,8-10H2,1-2H3,(H,17,22). The molecule has 0 saturated heterocycles. The Morgan fingerprint density at radius 1 is 1.39 bits per heavy atom. The Hall–Kier alpha value is -1.89. The number of aryl methyl sites for hydroxylation is 1. The Balaban J connectivity index is 1.50. The van der Waals surface area contributed by atoms with Gasteiger partial charge >= 0.3 is 0 Å². The number of benzene rings is 1. The second kappa shape index (κ2) is 7.12. The van der Waals surface area contributed by atoms with Crippen molar-refractivity contribution in [1.29, 1.82) is 0 Å². The van der Waals surface area contributed by atoms with Crippen LogP contribution in [0, 0.1) is 0 Å². The van der Waals surface area contributed by atoms with E-state index in [1.165, 1.54) is 17.3 Å². The Kier molecular flexibility index (Phi) is 4.95. The SMILES string of the molecule is CCc1ccc(C(C)NC(=O)CSc2nnnn2C2CC2)cc1. The largest absolute Gasteiger partial charge is 0.349 e. The third kappa shape index (κ3) is 4.10. The van der Waals surface area contributed by atoms with Crippen LogP contribution >= 0.6 is 11.8 Å². The summed E-state index contributed by atoms with van der Waals surface area (Å²) in [6.07, 6.45) is 3.26. The van der Waals surface area contributed by atoms with Crippen molar-refractivity contribution in [2.75, 3.05) is 5.75 Å². The van der Waals surface area contributed by atoms with Gasteiger partial charge < -0.3 is 5.32 Å². The Morgan fingerprint density at radius 3 is 2.78 bits per heavy atom. The van der Waals surface area contributed by atoms with E-state index >= 15 is 0 Å². The van der Waals surface area contributed by atoms with Crippen LogP contribution in [0.5, 0.6) is 0 Å². The summed E-state index contributed by atoms with van der Waals surface area (Å²) in [6.45, 7) is 4.13. The van der Waals surface area contributed by atoms with Gasteiger partial charge in [-0.3, -0.25) is 4.79 Å². The van der Waals surface area contributed by atoms with Crippen LogP contribution in [0.25, 0.3) is 0 Å². The molecule has 1 heterocycles. The van der Waals surface area contributed by atoms with E-state index in [9.17, 15) is 4.79 Å². The van der Waals surface area contributed by atoms with Gasteiger partial charge in [0.15, 0.2) is 0 Å². The maximum absolute atomic E-state index is 12.1. The number of tetrazole rings is 1. The summed E-state index contributed by atoms with van der Waals surface area (Å²) >= 11 is 1.39. The first-order valence-corrected chi connectivity index (χ1v) is 8.94. The average Bonchev–Trinajstić information content (AvgIpc) is 3.31. The number of nitrogens with zero attached hydrogens (tertiary/aromatic N) is 4. The van der Waals surface area contributed by atoms with Gasteiger partial charge in [0.2, 0.25) is 11.1 Å². The number of rotatable bonds is 7. The van der Waals surface area contributed by atoms with E-state index in [1.54, 1.807) is 0 Å². The second-order valence-corrected chi connectivity index (χ2v) is 6.75. The van der Waals surface area contributed by atoms with Crippen LogP contribution < -0.4 is 5.32 Å². The van der Waals surface area contributed by atoms with Crippen LogP contribution in [-0.4, -0.2) is 31.9 Å². The fourth-order valence-electron chi connectivity index (χ4n) is 2.37. The number of aromatic nitrogens is 4. The quantitative estimate of drug-likeness (QED) is 0.789. The molecule has 3 rings (SSSR count). The first-order chi connectivity index (χ1) is 11.2. The molecule has 122 valence electrons. The molecule has 1 fully saturated rings. The molecule has 23 heavy (non-hydrogen) atoms. The summed E-state index contributed by atoms with van der Waals surface area (Å²) in [7, 11) is 0. The highest BCUT2D eigenvalue weighted by Gasteiger charge is 2.28. The zero-order valence-corrected chi connectivity index (χ0v) is 14.2. The normalized spacial score (nSPS) is 15.4. The highest BCUT2D eigenvalue weighted by Crippen LogP contribution is 2.36. The molecule has 1 unspecified atom stereocenters. The van der Waals surface area contributed by atoms with Gasteiger partial charge in [-0.05, 0) is 47.7 Å². The Morgan fingerprint density at radius 2 is 2.13 bits per heavy atom. The zero-order chi connectivity index (χ0) is 16.2. The number of nitrogens with one attached hydrogen (secondary N) is 1. The lowest BCUT2D eigenvalue weighted by atomic mass is 10.1. The molecule has 1 saturated carbocycles. The van der Waals surface area contributed by atoms with Crippen LogP contribution in [0.2, 0.25) is 0 Å². The molecule has 0 radical (unpaired) electrons. The molecule has 1 atom stereocenters. The fraction of sp³-hybridized carbons (Fsp3) is 0.500. The van der Waals surface area contributed by atoms with Gasteiger partial charge in [-0.25, -0.2) is 4.68 Å². The molecular weight excluding hydrogens is 310 g/mol. The zero-order valence-electron chi connectivity index (χ0n) is 13.4. The fourth-order valence-corrected chi connectivity index (χ4v) is 3.12. The maximum Gasteiger partial charge on any atom is 0.230 e. The lowest BCUT2D eigenvalue weighted by molar-refractivity contribution is -0.119. The van der Waals surface area contributed by atoms with Crippen molar-refractivity contribution in [3.05, 3.63) is 35.4 Å². The molecule has 0 bridgehead atoms. The van der Waals surface area contributed by atoms with E-state index in [1.807, 2.05) is 11.6 Å². The molecule has 1 aromatic heterocycles. The maximum atomic E-state index is 12.1. The average molecular weight is 331 g/mol. The summed E-state index contributed by atoms with van der Waals surface area (Å²) in [6, 6.07) is 8.78. The van der Waals surface area contributed by atoms with Crippen molar-refractivity contribution in [1.82, 2.24) is 25.5 Å². The van der Waals surface area contributed by atoms with Crippen molar-refractivity contribution in [3.8, 4) is 0 Å². The highest BCUT2D eigenvalue weighted by molar-refractivity contribution is 7.99. The Bertz CT molecular complexity index is 665. The van der Waals surface area contributed by atoms with E-state index in [0.717, 1.165) is 30.0 Å². The van der Waals surface area contributed by atoms with Crippen LogP contribution in [0.3, 0.4) is 0 Å². The van der Waals surface area contributed by atoms with Crippen LogP contribution in [-0.2, 0) is 11.2 Å². The van der Waals surface area contributed by atoms with E-state index in [0.29, 0.717) is 11.8 Å². The Labute approximate surface area is 140 Å². The minimum absolute atomic E-state index is 0.00608. The van der Waals surface area contributed by atoms with E-state index < -0.39 is 0 Å². The van der Waals surface area contributed by atoms with Crippen LogP contribution in [0.15, 0.2) is 29.4 Å². The van der Waals surface area contributed by atoms with E-state index in [2.05, 4.69) is 52.0 Å². The highest BCUT2D eigenvalue weighted by atomic mass is 32.2. The summed E-state index contributed by atoms with van der Waals surface area (Å²) in [5.74, 6) is 0.317. The molecule has 1 aromatic carbocycles. The predicted molar refractivity (Wildman–Crippen MR) is 89.2 cm³/mol. The monoisotopic (exact) mass is 331 g/mol. The minimum Gasteiger partial charge on any atom is -0.349 e. The van der Waals surface area contributed by atoms with Gasteiger partial charge in [0, 0.05) is 0 Å². The number of carbonyl (C=O) groups excluding carboxylic acids is 1. The first-order valence-electron chi connectivity index (χ1n) is 7.96. The first kappa shape index (κ1) is 16.0. The van der Waals surface area contributed by atoms with Crippen molar-refractivity contribution in [2.24, 2.45) is 0 Å². The number of thioether (sulfide) groups is 1. The molecule has 2 aromatic rings. The molecule has 0 spiro atoms. The lowest BCUT2D eigenvalue weighted by Gasteiger charge is -2.14. The van der Waals surface area contributed by atoms with Crippen LogP contribution in [0.1, 0.15) is 49.9 Å². The van der Waals surface area contributed by atoms with Crippen molar-refractivity contribution >= 4 is 17.7 Å². The van der Waals surface area contributed by atoms with Gasteiger partial charge in [0.1, 0.15) is 0 Å². The number of hydrogen-bond donors (Lipinski definition) is 1. The van der Waals surface area contributed by atoms with E-state index in [4.69, 9.17) is 0 Å². The molecular formula is C16H21N5OS. The molecule has 0 aliphatic heterocycles. The molecule has 1 aliphatic rings. The van der Waals surface area contributed by atoms with Crippen molar-refractivity contribution in [2.45, 2.75) is 50.4 Å². The topological polar surface area (TPSA) is 72.7 Å². The van der Waals surface area contributed by atoms with Gasteiger partial charge in [-0.2, -0.15) is 0 Å². The third-order valence-corrected chi connectivity index (χ3v) is 4.89. The van der Waals surface area contributed by atoms with Crippen LogP contribution in [0.4, 0.5) is 0 Å². The summed E-state index contributed by atoms with van der Waals surface area (Å²) in [5.41, 5.74) is 2.41. The third-order valence-electron chi connectivity index (χ3n) is 3.95. The van der Waals surface area contributed by atoms with Gasteiger partial charge in [0.05, 0.1) is 17.8 Å². The lowest BCUT2D eigenvalue weighted by Crippen LogP contribution is -2.28. The minimum atomic E-state index is -0.00702. The molecule has 1 amide bonds. The summed E-state index contributed by atoms with van der Waals surface area (Å²) in [5, 5.41) is 15.4.